The van der Waals surface area contributed by atoms with Crippen LogP contribution < -0.4 is 10.2 Å². The third-order valence-corrected chi connectivity index (χ3v) is 4.26. The highest BCUT2D eigenvalue weighted by Crippen LogP contribution is 2.35. The van der Waals surface area contributed by atoms with Crippen LogP contribution in [0.2, 0.25) is 0 Å². The molecule has 1 aliphatic carbocycles. The zero-order valence-electron chi connectivity index (χ0n) is 10.4. The molecule has 5 nitrogen and oxygen atoms in total. The number of aromatic nitrogens is 2. The highest BCUT2D eigenvalue weighted by atomic mass is 79.9. The van der Waals surface area contributed by atoms with Crippen molar-refractivity contribution < 1.29 is 4.74 Å². The number of hydrogen-bond acceptors (Lipinski definition) is 5. The lowest BCUT2D eigenvalue weighted by atomic mass is 10.1. The van der Waals surface area contributed by atoms with Gasteiger partial charge in [-0.1, -0.05) is 0 Å². The molecule has 2 atom stereocenters. The number of nitrogens with zero attached hydrogens (tertiary/aromatic N) is 3. The molecule has 1 saturated carbocycles. The summed E-state index contributed by atoms with van der Waals surface area (Å²) < 4.78 is 6.79. The molecule has 2 aliphatic rings. The molecule has 1 saturated heterocycles. The number of hydrogen-bond donors (Lipinski definition) is 1. The molecule has 1 N–H and O–H groups in total. The van der Waals surface area contributed by atoms with Gasteiger partial charge in [0.2, 0.25) is 5.95 Å². The lowest BCUT2D eigenvalue weighted by Gasteiger charge is -2.38. The fourth-order valence-electron chi connectivity index (χ4n) is 2.87. The van der Waals surface area contributed by atoms with E-state index in [0.717, 1.165) is 23.4 Å². The van der Waals surface area contributed by atoms with Gasteiger partial charge in [0, 0.05) is 19.8 Å². The number of nitrogens with one attached hydrogen (secondary N) is 1. The zero-order valence-corrected chi connectivity index (χ0v) is 12.0. The van der Waals surface area contributed by atoms with E-state index >= 15 is 0 Å². The van der Waals surface area contributed by atoms with Crippen LogP contribution in [-0.4, -0.2) is 42.3 Å². The summed E-state index contributed by atoms with van der Waals surface area (Å²) in [5, 5.41) is 2.99. The van der Waals surface area contributed by atoms with Gasteiger partial charge >= 0.3 is 0 Å². The summed E-state index contributed by atoms with van der Waals surface area (Å²) in [5.41, 5.74) is 0. The minimum absolute atomic E-state index is 0.374. The summed E-state index contributed by atoms with van der Waals surface area (Å²) >= 11 is 3.56. The average molecular weight is 313 g/mol. The molecule has 0 radical (unpaired) electrons. The van der Waals surface area contributed by atoms with Crippen LogP contribution in [0, 0.1) is 0 Å². The van der Waals surface area contributed by atoms with E-state index in [9.17, 15) is 0 Å². The van der Waals surface area contributed by atoms with Crippen molar-refractivity contribution in [3.8, 4) is 0 Å². The van der Waals surface area contributed by atoms with Gasteiger partial charge in [-0.3, -0.25) is 0 Å². The Kier molecular flexibility index (Phi) is 3.39. The van der Waals surface area contributed by atoms with Crippen LogP contribution in [0.3, 0.4) is 0 Å². The summed E-state index contributed by atoms with van der Waals surface area (Å²) in [6.07, 6.45) is 5.79. The Balaban J connectivity index is 1.93. The second-order valence-electron chi connectivity index (χ2n) is 4.72. The van der Waals surface area contributed by atoms with Gasteiger partial charge in [-0.25, -0.2) is 4.98 Å². The average Bonchev–Trinajstić information content (AvgIpc) is 2.87. The smallest absolute Gasteiger partial charge is 0.224 e. The number of ether oxygens (including phenoxy) is 1. The van der Waals surface area contributed by atoms with Crippen LogP contribution in [0.1, 0.15) is 19.3 Å². The van der Waals surface area contributed by atoms with Gasteiger partial charge in [-0.2, -0.15) is 4.98 Å². The van der Waals surface area contributed by atoms with Crippen LogP contribution in [0.4, 0.5) is 11.8 Å². The van der Waals surface area contributed by atoms with E-state index in [2.05, 4.69) is 36.1 Å². The Bertz CT molecular complexity index is 442. The molecular weight excluding hydrogens is 296 g/mol. The van der Waals surface area contributed by atoms with Crippen LogP contribution in [-0.2, 0) is 4.74 Å². The lowest BCUT2D eigenvalue weighted by molar-refractivity contribution is 0.0252. The van der Waals surface area contributed by atoms with Crippen molar-refractivity contribution in [1.82, 2.24) is 9.97 Å². The monoisotopic (exact) mass is 312 g/mol. The first-order valence-electron chi connectivity index (χ1n) is 6.38. The fourth-order valence-corrected chi connectivity index (χ4v) is 3.29. The van der Waals surface area contributed by atoms with Crippen molar-refractivity contribution in [2.24, 2.45) is 0 Å². The Morgan fingerprint density at radius 1 is 1.50 bits per heavy atom. The van der Waals surface area contributed by atoms with Crippen LogP contribution in [0.25, 0.3) is 0 Å². The first-order chi connectivity index (χ1) is 8.79. The van der Waals surface area contributed by atoms with Crippen molar-refractivity contribution in [3.63, 3.8) is 0 Å². The third-order valence-electron chi connectivity index (χ3n) is 3.70. The van der Waals surface area contributed by atoms with E-state index in [0.29, 0.717) is 18.1 Å². The summed E-state index contributed by atoms with van der Waals surface area (Å²) in [6, 6.07) is 0.467. The normalized spacial score (nSPS) is 27.1. The fraction of sp³-hybridized carbons (Fsp3) is 0.667. The molecule has 6 heteroatoms. The maximum Gasteiger partial charge on any atom is 0.224 e. The van der Waals surface area contributed by atoms with E-state index in [1.54, 1.807) is 0 Å². The van der Waals surface area contributed by atoms with Gasteiger partial charge in [0.25, 0.3) is 0 Å². The summed E-state index contributed by atoms with van der Waals surface area (Å²) in [6.45, 7) is 1.69. The zero-order chi connectivity index (χ0) is 12.5. The molecule has 0 aromatic carbocycles. The van der Waals surface area contributed by atoms with E-state index < -0.39 is 0 Å². The van der Waals surface area contributed by atoms with E-state index in [1.807, 2.05) is 13.2 Å². The van der Waals surface area contributed by atoms with Crippen molar-refractivity contribution in [2.45, 2.75) is 31.4 Å². The van der Waals surface area contributed by atoms with E-state index in [4.69, 9.17) is 4.74 Å². The maximum absolute atomic E-state index is 5.83. The van der Waals surface area contributed by atoms with Gasteiger partial charge in [0.1, 0.15) is 5.82 Å². The van der Waals surface area contributed by atoms with Crippen LogP contribution in [0.5, 0.6) is 0 Å². The molecule has 2 heterocycles. The number of fused-ring (bicyclic) bond motifs is 1. The third kappa shape index (κ3) is 2.07. The molecule has 2 unspecified atom stereocenters. The Hall–Kier alpha value is -0.880. The van der Waals surface area contributed by atoms with Gasteiger partial charge in [-0.05, 0) is 35.2 Å². The molecule has 1 aromatic rings. The first-order valence-corrected chi connectivity index (χ1v) is 7.17. The molecule has 3 rings (SSSR count). The summed E-state index contributed by atoms with van der Waals surface area (Å²) in [7, 11) is 1.84. The summed E-state index contributed by atoms with van der Waals surface area (Å²) in [4.78, 5) is 11.2. The molecule has 2 fully saturated rings. The number of halogens is 1. The van der Waals surface area contributed by atoms with Crippen molar-refractivity contribution >= 4 is 27.7 Å². The van der Waals surface area contributed by atoms with E-state index in [1.165, 1.54) is 19.3 Å². The van der Waals surface area contributed by atoms with E-state index in [-0.39, 0.29) is 0 Å². The molecule has 1 aliphatic heterocycles. The van der Waals surface area contributed by atoms with Crippen molar-refractivity contribution in [1.29, 1.82) is 0 Å². The molecule has 18 heavy (non-hydrogen) atoms. The number of anilines is 2. The minimum atomic E-state index is 0.374. The SMILES string of the molecule is CNc1ncc(Br)c(N2CCOC3CCCC32)n1. The van der Waals surface area contributed by atoms with Crippen LogP contribution in [0.15, 0.2) is 10.7 Å². The molecule has 98 valence electrons. The number of rotatable bonds is 2. The van der Waals surface area contributed by atoms with Gasteiger partial charge < -0.3 is 15.0 Å². The predicted molar refractivity (Wildman–Crippen MR) is 74.0 cm³/mol. The van der Waals surface area contributed by atoms with Crippen molar-refractivity contribution in [3.05, 3.63) is 10.7 Å². The molecule has 0 spiro atoms. The topological polar surface area (TPSA) is 50.3 Å². The first kappa shape index (κ1) is 12.2. The highest BCUT2D eigenvalue weighted by Gasteiger charge is 2.37. The lowest BCUT2D eigenvalue weighted by Crippen LogP contribution is -2.49. The summed E-state index contributed by atoms with van der Waals surface area (Å²) in [5.74, 6) is 1.64. The molecular formula is C12H17BrN4O. The molecule has 1 aromatic heterocycles. The highest BCUT2D eigenvalue weighted by molar-refractivity contribution is 9.10. The van der Waals surface area contributed by atoms with Crippen molar-refractivity contribution in [2.75, 3.05) is 30.4 Å². The van der Waals surface area contributed by atoms with Gasteiger partial charge in [-0.15, -0.1) is 0 Å². The largest absolute Gasteiger partial charge is 0.374 e. The Labute approximate surface area is 115 Å². The Morgan fingerprint density at radius 2 is 2.39 bits per heavy atom. The van der Waals surface area contributed by atoms with Crippen LogP contribution >= 0.6 is 15.9 Å². The minimum Gasteiger partial charge on any atom is -0.374 e. The molecule has 0 amide bonds. The second kappa shape index (κ2) is 5.01. The predicted octanol–water partition coefficient (Wildman–Crippen LogP) is 2.04. The quantitative estimate of drug-likeness (QED) is 0.905. The standard InChI is InChI=1S/C12H17BrN4O/c1-14-12-15-7-8(13)11(16-12)17-5-6-18-10-4-2-3-9(10)17/h7,9-10H,2-6H2,1H3,(H,14,15,16). The molecule has 0 bridgehead atoms. The maximum atomic E-state index is 5.83. The van der Waals surface area contributed by atoms with Gasteiger partial charge in [0.15, 0.2) is 0 Å². The van der Waals surface area contributed by atoms with Gasteiger partial charge in [0.05, 0.1) is 23.2 Å². The Morgan fingerprint density at radius 3 is 3.22 bits per heavy atom. The number of morpholine rings is 1. The second-order valence-corrected chi connectivity index (χ2v) is 5.57.